The lowest BCUT2D eigenvalue weighted by Gasteiger charge is -2.24. The lowest BCUT2D eigenvalue weighted by molar-refractivity contribution is 0.417. The number of nitrogens with zero attached hydrogens (tertiary/aromatic N) is 2. The normalized spacial score (nSPS) is 33.9. The number of rotatable bonds is 1. The van der Waals surface area contributed by atoms with Gasteiger partial charge in [-0.3, -0.25) is 0 Å². The van der Waals surface area contributed by atoms with E-state index in [0.717, 1.165) is 0 Å². The van der Waals surface area contributed by atoms with Gasteiger partial charge >= 0.3 is 0 Å². The van der Waals surface area contributed by atoms with Gasteiger partial charge in [0.05, 0.1) is 0 Å². The Morgan fingerprint density at radius 1 is 1.54 bits per heavy atom. The summed E-state index contributed by atoms with van der Waals surface area (Å²) in [7, 11) is 5.68. The third-order valence-corrected chi connectivity index (χ3v) is 2.86. The second-order valence-electron chi connectivity index (χ2n) is 4.25. The van der Waals surface area contributed by atoms with Crippen LogP contribution in [0.2, 0.25) is 0 Å². The highest BCUT2D eigenvalue weighted by molar-refractivity contribution is 6.04. The maximum atomic E-state index is 5.68. The van der Waals surface area contributed by atoms with E-state index in [1.165, 1.54) is 4.92 Å². The van der Waals surface area contributed by atoms with E-state index >= 15 is 0 Å². The minimum Gasteiger partial charge on any atom is -0.347 e. The predicted molar refractivity (Wildman–Crippen MR) is 57.6 cm³/mol. The van der Waals surface area contributed by atoms with Crippen LogP contribution in [-0.4, -0.2) is 25.2 Å². The maximum Gasteiger partial charge on any atom is 0.257 e. The summed E-state index contributed by atoms with van der Waals surface area (Å²) >= 11 is 0. The zero-order valence-corrected chi connectivity index (χ0v) is 8.86. The van der Waals surface area contributed by atoms with Crippen molar-refractivity contribution < 1.29 is 0 Å². The van der Waals surface area contributed by atoms with Crippen molar-refractivity contribution in [1.29, 1.82) is 0 Å². The smallest absolute Gasteiger partial charge is 0.257 e. The monoisotopic (exact) mass is 176 g/mol. The van der Waals surface area contributed by atoms with Gasteiger partial charge in [-0.2, -0.15) is 0 Å². The summed E-state index contributed by atoms with van der Waals surface area (Å²) < 4.78 is 0. The second kappa shape index (κ2) is 3.56. The highest BCUT2D eigenvalue weighted by atomic mass is 15.4. The van der Waals surface area contributed by atoms with Crippen LogP contribution in [-0.2, 0) is 0 Å². The molecule has 0 fully saturated rings. The fourth-order valence-electron chi connectivity index (χ4n) is 1.12. The molecular formula is C10H17BN2. The second-order valence-corrected chi connectivity index (χ2v) is 4.25. The molecule has 0 aromatic carbocycles. The lowest BCUT2D eigenvalue weighted by atomic mass is 9.80. The Labute approximate surface area is 82.1 Å². The quantitative estimate of drug-likeness (QED) is 0.440. The molecule has 1 heterocycles. The summed E-state index contributed by atoms with van der Waals surface area (Å²) in [6, 6.07) is 0.178. The van der Waals surface area contributed by atoms with Crippen molar-refractivity contribution in [2.24, 2.45) is 16.4 Å². The first-order chi connectivity index (χ1) is 5.96. The molecule has 1 aliphatic rings. The van der Waals surface area contributed by atoms with Gasteiger partial charge in [0, 0.05) is 17.7 Å². The van der Waals surface area contributed by atoms with Crippen LogP contribution in [0.4, 0.5) is 0 Å². The molecule has 1 aliphatic heterocycles. The van der Waals surface area contributed by atoms with Crippen LogP contribution < -0.4 is 0 Å². The van der Waals surface area contributed by atoms with Crippen LogP contribution in [0.25, 0.3) is 0 Å². The molecule has 70 valence electrons. The minimum absolute atomic E-state index is 0.0301. The van der Waals surface area contributed by atoms with Gasteiger partial charge in [0.1, 0.15) is 0 Å². The van der Waals surface area contributed by atoms with Crippen molar-refractivity contribution in [3.8, 4) is 0 Å². The van der Waals surface area contributed by atoms with E-state index in [-0.39, 0.29) is 11.5 Å². The molecule has 0 spiro atoms. The third kappa shape index (κ3) is 2.14. The standard InChI is InChI=1S/C10H17BN2/c1-8(2)10(4)6-5-9(3)13(11)12-7-10/h5-9H,1-4H3. The number of hydrazone groups is 1. The number of allylic oxidation sites excluding steroid dienone is 1. The van der Waals surface area contributed by atoms with Gasteiger partial charge in [0.2, 0.25) is 0 Å². The van der Waals surface area contributed by atoms with Crippen molar-refractivity contribution in [2.45, 2.75) is 33.7 Å². The van der Waals surface area contributed by atoms with Crippen molar-refractivity contribution in [3.63, 3.8) is 0 Å². The summed E-state index contributed by atoms with van der Waals surface area (Å²) in [5.74, 6) is 0.534. The van der Waals surface area contributed by atoms with E-state index in [4.69, 9.17) is 7.98 Å². The summed E-state index contributed by atoms with van der Waals surface area (Å²) in [6.07, 6.45) is 6.23. The van der Waals surface area contributed by atoms with Gasteiger partial charge in [-0.25, -0.2) is 5.10 Å². The summed E-state index contributed by atoms with van der Waals surface area (Å²) in [4.78, 5) is 1.49. The van der Waals surface area contributed by atoms with Gasteiger partial charge < -0.3 is 4.92 Å². The van der Waals surface area contributed by atoms with Crippen molar-refractivity contribution in [3.05, 3.63) is 12.2 Å². The molecule has 0 saturated carbocycles. The van der Waals surface area contributed by atoms with E-state index in [0.29, 0.717) is 5.92 Å². The van der Waals surface area contributed by atoms with E-state index in [1.807, 2.05) is 13.1 Å². The van der Waals surface area contributed by atoms with Crippen LogP contribution in [0, 0.1) is 11.3 Å². The molecule has 0 saturated heterocycles. The molecule has 0 aliphatic carbocycles. The summed E-state index contributed by atoms with van der Waals surface area (Å²) in [5.41, 5.74) is 0.0301. The molecule has 13 heavy (non-hydrogen) atoms. The SMILES string of the molecule is [B]N1N=CC(C)(C(C)C)C=CC1C. The summed E-state index contributed by atoms with van der Waals surface area (Å²) in [6.45, 7) is 8.57. The molecule has 3 heteroatoms. The van der Waals surface area contributed by atoms with Crippen molar-refractivity contribution in [2.75, 3.05) is 0 Å². The van der Waals surface area contributed by atoms with Gasteiger partial charge in [-0.1, -0.05) is 32.9 Å². The van der Waals surface area contributed by atoms with E-state index < -0.39 is 0 Å². The fourth-order valence-corrected chi connectivity index (χ4v) is 1.12. The van der Waals surface area contributed by atoms with Crippen molar-refractivity contribution >= 4 is 14.2 Å². The minimum atomic E-state index is 0.0301. The Hall–Kier alpha value is -0.725. The Kier molecular flexibility index (Phi) is 2.84. The van der Waals surface area contributed by atoms with Gasteiger partial charge in [0.25, 0.3) is 7.98 Å². The van der Waals surface area contributed by atoms with Crippen LogP contribution in [0.15, 0.2) is 17.3 Å². The van der Waals surface area contributed by atoms with Crippen LogP contribution in [0.1, 0.15) is 27.7 Å². The molecule has 0 amide bonds. The van der Waals surface area contributed by atoms with Crippen LogP contribution >= 0.6 is 0 Å². The topological polar surface area (TPSA) is 15.6 Å². The predicted octanol–water partition coefficient (Wildman–Crippen LogP) is 1.98. The molecule has 0 aromatic heterocycles. The largest absolute Gasteiger partial charge is 0.347 e. The van der Waals surface area contributed by atoms with Crippen LogP contribution in [0.5, 0.6) is 0 Å². The Bertz CT molecular complexity index is 215. The van der Waals surface area contributed by atoms with Crippen molar-refractivity contribution in [1.82, 2.24) is 4.92 Å². The average Bonchev–Trinajstić information content (AvgIpc) is 2.20. The molecule has 2 unspecified atom stereocenters. The number of hydrogen-bond acceptors (Lipinski definition) is 2. The van der Waals surface area contributed by atoms with Gasteiger partial charge in [-0.15, -0.1) is 0 Å². The van der Waals surface area contributed by atoms with E-state index in [9.17, 15) is 0 Å². The van der Waals surface area contributed by atoms with E-state index in [2.05, 4.69) is 38.0 Å². The summed E-state index contributed by atoms with van der Waals surface area (Å²) in [5, 5.41) is 4.20. The molecular weight excluding hydrogens is 159 g/mol. The molecule has 0 bridgehead atoms. The Morgan fingerprint density at radius 3 is 2.69 bits per heavy atom. The first-order valence-electron chi connectivity index (χ1n) is 4.74. The molecule has 0 N–H and O–H groups in total. The molecule has 0 aromatic rings. The molecule has 2 radical (unpaired) electrons. The highest BCUT2D eigenvalue weighted by Crippen LogP contribution is 2.28. The number of hydrogen-bond donors (Lipinski definition) is 0. The Balaban J connectivity index is 2.92. The average molecular weight is 176 g/mol. The van der Waals surface area contributed by atoms with Crippen LogP contribution in [0.3, 0.4) is 0 Å². The van der Waals surface area contributed by atoms with E-state index in [1.54, 1.807) is 0 Å². The zero-order chi connectivity index (χ0) is 10.1. The first kappa shape index (κ1) is 10.4. The molecule has 2 atom stereocenters. The first-order valence-corrected chi connectivity index (χ1v) is 4.74. The van der Waals surface area contributed by atoms with Gasteiger partial charge in [-0.05, 0) is 12.8 Å². The maximum absolute atomic E-state index is 5.68. The third-order valence-electron chi connectivity index (χ3n) is 2.86. The molecule has 2 nitrogen and oxygen atoms in total. The lowest BCUT2D eigenvalue weighted by Crippen LogP contribution is -2.23. The molecule has 1 rings (SSSR count). The zero-order valence-electron chi connectivity index (χ0n) is 8.86. The van der Waals surface area contributed by atoms with Gasteiger partial charge in [0.15, 0.2) is 0 Å². The highest BCUT2D eigenvalue weighted by Gasteiger charge is 2.25. The fraction of sp³-hybridized carbons (Fsp3) is 0.700. The Morgan fingerprint density at radius 2 is 2.15 bits per heavy atom.